The van der Waals surface area contributed by atoms with Crippen LogP contribution in [0.5, 0.6) is 0 Å². The van der Waals surface area contributed by atoms with Gasteiger partial charge in [-0.25, -0.2) is 9.59 Å². The third-order valence-electron chi connectivity index (χ3n) is 3.11. The molecule has 8 heteroatoms. The molecule has 1 aliphatic rings. The summed E-state index contributed by atoms with van der Waals surface area (Å²) in [4.78, 5) is 24.1. The van der Waals surface area contributed by atoms with Crippen molar-refractivity contribution in [3.63, 3.8) is 0 Å². The van der Waals surface area contributed by atoms with Gasteiger partial charge in [0.05, 0.1) is 19.6 Å². The van der Waals surface area contributed by atoms with Crippen LogP contribution in [0.1, 0.15) is 0 Å². The number of carboxylic acids is 1. The Morgan fingerprint density at radius 2 is 1.79 bits per heavy atom. The maximum atomic E-state index is 11.9. The highest BCUT2D eigenvalue weighted by Gasteiger charge is 2.35. The molecular formula is C11H20N2O6. The van der Waals surface area contributed by atoms with Gasteiger partial charge in [-0.05, 0) is 0 Å². The number of hydrogen-bond acceptors (Lipinski definition) is 5. The zero-order valence-electron chi connectivity index (χ0n) is 11.3. The summed E-state index contributed by atoms with van der Waals surface area (Å²) >= 11 is 0. The molecule has 0 spiro atoms. The fraction of sp³-hybridized carbons (Fsp3) is 0.818. The first-order chi connectivity index (χ1) is 9.03. The molecule has 1 saturated heterocycles. The molecule has 2 amide bonds. The minimum atomic E-state index is -1.12. The van der Waals surface area contributed by atoms with Gasteiger partial charge in [0.2, 0.25) is 0 Å². The molecule has 0 aliphatic carbocycles. The van der Waals surface area contributed by atoms with Gasteiger partial charge in [-0.15, -0.1) is 0 Å². The van der Waals surface area contributed by atoms with Crippen LogP contribution in [-0.4, -0.2) is 81.3 Å². The van der Waals surface area contributed by atoms with Crippen LogP contribution in [0.4, 0.5) is 4.79 Å². The Bertz CT molecular complexity index is 312. The monoisotopic (exact) mass is 276 g/mol. The van der Waals surface area contributed by atoms with Gasteiger partial charge in [0.25, 0.3) is 0 Å². The quantitative estimate of drug-likeness (QED) is 0.655. The van der Waals surface area contributed by atoms with Gasteiger partial charge >= 0.3 is 12.0 Å². The number of methoxy groups -OCH3 is 3. The van der Waals surface area contributed by atoms with E-state index < -0.39 is 12.1 Å². The minimum Gasteiger partial charge on any atom is -0.479 e. The number of likely N-dealkylation sites (tertiary alicyclic amines) is 1. The van der Waals surface area contributed by atoms with E-state index >= 15 is 0 Å². The van der Waals surface area contributed by atoms with Crippen molar-refractivity contribution in [3.05, 3.63) is 0 Å². The van der Waals surface area contributed by atoms with Crippen LogP contribution < -0.4 is 5.32 Å². The molecule has 1 fully saturated rings. The average Bonchev–Trinajstić information content (AvgIpc) is 2.82. The molecule has 1 rings (SSSR count). The second kappa shape index (κ2) is 7.27. The van der Waals surface area contributed by atoms with Crippen LogP contribution in [0.25, 0.3) is 0 Å². The summed E-state index contributed by atoms with van der Waals surface area (Å²) in [5.74, 6) is -1.12. The van der Waals surface area contributed by atoms with Crippen LogP contribution in [0.3, 0.4) is 0 Å². The number of rotatable bonds is 6. The number of carbonyl (C=O) groups is 2. The largest absolute Gasteiger partial charge is 0.479 e. The van der Waals surface area contributed by atoms with E-state index in [1.807, 2.05) is 0 Å². The lowest BCUT2D eigenvalue weighted by atomic mass is 10.3. The topological polar surface area (TPSA) is 97.3 Å². The standard InChI is InChI=1S/C11H20N2O6/c1-17-7(10(14)15)4-12-11(16)13-5-8(18-2)9(6-13)19-3/h7-9H,4-6H2,1-3H3,(H,12,16)(H,14,15). The maximum Gasteiger partial charge on any atom is 0.334 e. The molecule has 0 aromatic rings. The minimum absolute atomic E-state index is 0.0868. The highest BCUT2D eigenvalue weighted by molar-refractivity contribution is 5.77. The smallest absolute Gasteiger partial charge is 0.334 e. The number of amides is 2. The van der Waals surface area contributed by atoms with Crippen LogP contribution >= 0.6 is 0 Å². The van der Waals surface area contributed by atoms with Crippen molar-refractivity contribution in [1.29, 1.82) is 0 Å². The molecular weight excluding hydrogens is 256 g/mol. The molecule has 0 bridgehead atoms. The first-order valence-corrected chi connectivity index (χ1v) is 5.87. The van der Waals surface area contributed by atoms with Crippen LogP contribution in [0, 0.1) is 0 Å². The highest BCUT2D eigenvalue weighted by Crippen LogP contribution is 2.15. The zero-order chi connectivity index (χ0) is 14.4. The first-order valence-electron chi connectivity index (χ1n) is 5.87. The van der Waals surface area contributed by atoms with Gasteiger partial charge in [0.1, 0.15) is 12.2 Å². The van der Waals surface area contributed by atoms with Gasteiger partial charge in [0, 0.05) is 21.3 Å². The Hall–Kier alpha value is -1.38. The maximum absolute atomic E-state index is 11.9. The molecule has 1 heterocycles. The fourth-order valence-corrected chi connectivity index (χ4v) is 1.93. The van der Waals surface area contributed by atoms with Gasteiger partial charge in [0.15, 0.2) is 6.10 Å². The number of carboxylic acid groups (broad SMARTS) is 1. The van der Waals surface area contributed by atoms with Crippen LogP contribution in [0.15, 0.2) is 0 Å². The SMILES string of the molecule is COC(CNC(=O)N1CC(OC)C(OC)C1)C(=O)O. The lowest BCUT2D eigenvalue weighted by Gasteiger charge is -2.18. The molecule has 3 unspecified atom stereocenters. The molecule has 3 atom stereocenters. The Morgan fingerprint density at radius 1 is 1.26 bits per heavy atom. The van der Waals surface area contributed by atoms with Gasteiger partial charge in [-0.2, -0.15) is 0 Å². The Kier molecular flexibility index (Phi) is 6.00. The Balaban J connectivity index is 2.44. The summed E-state index contributed by atoms with van der Waals surface area (Å²) in [7, 11) is 4.40. The van der Waals surface area contributed by atoms with Crippen molar-refractivity contribution >= 4 is 12.0 Å². The molecule has 19 heavy (non-hydrogen) atoms. The van der Waals surface area contributed by atoms with Crippen molar-refractivity contribution in [3.8, 4) is 0 Å². The lowest BCUT2D eigenvalue weighted by Crippen LogP contribution is -2.44. The third kappa shape index (κ3) is 4.05. The van der Waals surface area contributed by atoms with E-state index in [-0.39, 0.29) is 24.8 Å². The van der Waals surface area contributed by atoms with Crippen LogP contribution in [0.2, 0.25) is 0 Å². The van der Waals surface area contributed by atoms with Gasteiger partial charge in [-0.1, -0.05) is 0 Å². The van der Waals surface area contributed by atoms with Gasteiger partial charge < -0.3 is 29.5 Å². The number of nitrogens with one attached hydrogen (secondary N) is 1. The summed E-state index contributed by atoms with van der Waals surface area (Å²) in [6.07, 6.45) is -1.40. The van der Waals surface area contributed by atoms with E-state index in [0.717, 1.165) is 0 Å². The predicted octanol–water partition coefficient (Wildman–Crippen LogP) is -0.859. The zero-order valence-corrected chi connectivity index (χ0v) is 11.3. The van der Waals surface area contributed by atoms with E-state index in [9.17, 15) is 9.59 Å². The third-order valence-corrected chi connectivity index (χ3v) is 3.11. The second-order valence-corrected chi connectivity index (χ2v) is 4.20. The summed E-state index contributed by atoms with van der Waals surface area (Å²) in [6, 6.07) is -0.357. The number of aliphatic carboxylic acids is 1. The average molecular weight is 276 g/mol. The summed E-state index contributed by atoms with van der Waals surface area (Å²) in [5, 5.41) is 11.3. The normalized spacial score (nSPS) is 24.3. The number of ether oxygens (including phenoxy) is 3. The van der Waals surface area contributed by atoms with Crippen molar-refractivity contribution in [2.75, 3.05) is 41.0 Å². The lowest BCUT2D eigenvalue weighted by molar-refractivity contribution is -0.148. The molecule has 8 nitrogen and oxygen atoms in total. The van der Waals surface area contributed by atoms with Crippen molar-refractivity contribution < 1.29 is 28.9 Å². The Labute approximate surface area is 111 Å². The predicted molar refractivity (Wildman–Crippen MR) is 65.0 cm³/mol. The molecule has 0 radical (unpaired) electrons. The molecule has 110 valence electrons. The number of nitrogens with zero attached hydrogens (tertiary/aromatic N) is 1. The fourth-order valence-electron chi connectivity index (χ4n) is 1.93. The summed E-state index contributed by atoms with van der Waals surface area (Å²) in [5.41, 5.74) is 0. The number of carbonyl (C=O) groups excluding carboxylic acids is 1. The summed E-state index contributed by atoms with van der Waals surface area (Å²) < 4.78 is 15.2. The van der Waals surface area contributed by atoms with Gasteiger partial charge in [-0.3, -0.25) is 0 Å². The molecule has 1 aliphatic heterocycles. The van der Waals surface area contributed by atoms with Crippen molar-refractivity contribution in [1.82, 2.24) is 10.2 Å². The second-order valence-electron chi connectivity index (χ2n) is 4.20. The molecule has 0 saturated carbocycles. The van der Waals surface area contributed by atoms with E-state index in [1.54, 1.807) is 14.2 Å². The Morgan fingerprint density at radius 3 is 2.16 bits per heavy atom. The number of urea groups is 1. The van der Waals surface area contributed by atoms with Crippen molar-refractivity contribution in [2.24, 2.45) is 0 Å². The molecule has 0 aromatic heterocycles. The molecule has 2 N–H and O–H groups in total. The van der Waals surface area contributed by atoms with E-state index in [2.05, 4.69) is 5.32 Å². The van der Waals surface area contributed by atoms with E-state index in [4.69, 9.17) is 19.3 Å². The molecule has 0 aromatic carbocycles. The number of hydrogen-bond donors (Lipinski definition) is 2. The summed E-state index contributed by atoms with van der Waals surface area (Å²) in [6.45, 7) is 0.730. The highest BCUT2D eigenvalue weighted by atomic mass is 16.5. The van der Waals surface area contributed by atoms with Crippen molar-refractivity contribution in [2.45, 2.75) is 18.3 Å². The van der Waals surface area contributed by atoms with E-state index in [1.165, 1.54) is 12.0 Å². The first kappa shape index (κ1) is 15.7. The van der Waals surface area contributed by atoms with Crippen LogP contribution in [-0.2, 0) is 19.0 Å². The van der Waals surface area contributed by atoms with E-state index in [0.29, 0.717) is 13.1 Å².